The molecule has 0 aromatic heterocycles. The Balaban J connectivity index is 0. The molecule has 0 aliphatic carbocycles. The van der Waals surface area contributed by atoms with Gasteiger partial charge in [-0.25, -0.2) is 12.7 Å². The fourth-order valence-corrected chi connectivity index (χ4v) is 0.118. The SMILES string of the molecule is C=C[C-]=CC.[Co]. The number of hydrogen-bond donors (Lipinski definition) is 0. The molecule has 0 spiro atoms. The van der Waals surface area contributed by atoms with Gasteiger partial charge in [0.1, 0.15) is 0 Å². The van der Waals surface area contributed by atoms with Gasteiger partial charge in [0.2, 0.25) is 0 Å². The van der Waals surface area contributed by atoms with E-state index in [0.717, 1.165) is 0 Å². The molecule has 0 saturated heterocycles. The van der Waals surface area contributed by atoms with Crippen molar-refractivity contribution in [3.05, 3.63) is 24.8 Å². The van der Waals surface area contributed by atoms with Crippen molar-refractivity contribution in [1.29, 1.82) is 0 Å². The molecule has 0 nitrogen and oxygen atoms in total. The third kappa shape index (κ3) is 9.01. The van der Waals surface area contributed by atoms with Crippen LogP contribution < -0.4 is 0 Å². The van der Waals surface area contributed by atoms with Crippen LogP contribution in [0.5, 0.6) is 0 Å². The van der Waals surface area contributed by atoms with Crippen LogP contribution in [0.4, 0.5) is 0 Å². The van der Waals surface area contributed by atoms with Crippen LogP contribution in [0, 0.1) is 6.08 Å². The Morgan fingerprint density at radius 1 is 1.67 bits per heavy atom. The summed E-state index contributed by atoms with van der Waals surface area (Å²) in [5.41, 5.74) is 0. The Morgan fingerprint density at radius 3 is 2.17 bits per heavy atom. The summed E-state index contributed by atoms with van der Waals surface area (Å²) < 4.78 is 0. The molecule has 6 heavy (non-hydrogen) atoms. The van der Waals surface area contributed by atoms with Crippen LogP contribution in [0.15, 0.2) is 18.7 Å². The summed E-state index contributed by atoms with van der Waals surface area (Å²) in [5, 5.41) is 0. The average molecular weight is 126 g/mol. The van der Waals surface area contributed by atoms with E-state index in [1.807, 2.05) is 13.0 Å². The first-order chi connectivity index (χ1) is 2.41. The minimum atomic E-state index is 0. The van der Waals surface area contributed by atoms with Crippen molar-refractivity contribution >= 4 is 0 Å². The topological polar surface area (TPSA) is 0 Å². The van der Waals surface area contributed by atoms with Gasteiger partial charge in [-0.15, -0.1) is 0 Å². The zero-order valence-corrected chi connectivity index (χ0v) is 4.74. The quantitative estimate of drug-likeness (QED) is 0.369. The predicted octanol–water partition coefficient (Wildman–Crippen LogP) is 1.55. The van der Waals surface area contributed by atoms with Gasteiger partial charge in [-0.05, 0) is 0 Å². The first-order valence-corrected chi connectivity index (χ1v) is 1.56. The van der Waals surface area contributed by atoms with Gasteiger partial charge < -0.3 is 0 Å². The maximum atomic E-state index is 3.41. The predicted molar refractivity (Wildman–Crippen MR) is 23.7 cm³/mol. The van der Waals surface area contributed by atoms with E-state index in [1.165, 1.54) is 0 Å². The molecule has 0 aromatic carbocycles. The molecule has 0 fully saturated rings. The Labute approximate surface area is 49.1 Å². The zero-order valence-electron chi connectivity index (χ0n) is 3.70. The van der Waals surface area contributed by atoms with Gasteiger partial charge in [0, 0.05) is 16.8 Å². The van der Waals surface area contributed by atoms with Crippen molar-refractivity contribution in [3.8, 4) is 0 Å². The Hall–Kier alpha value is -0.0135. The fraction of sp³-hybridized carbons (Fsp3) is 0.200. The summed E-state index contributed by atoms with van der Waals surface area (Å²) in [6.45, 7) is 5.31. The van der Waals surface area contributed by atoms with Crippen LogP contribution in [0.2, 0.25) is 0 Å². The minimum absolute atomic E-state index is 0. The van der Waals surface area contributed by atoms with E-state index in [9.17, 15) is 0 Å². The molecule has 0 saturated carbocycles. The first kappa shape index (κ1) is 9.37. The third-order valence-electron chi connectivity index (χ3n) is 0.285. The average Bonchev–Trinajstić information content (AvgIpc) is 1.41. The summed E-state index contributed by atoms with van der Waals surface area (Å²) in [6.07, 6.45) is 6.19. The van der Waals surface area contributed by atoms with Gasteiger partial charge in [-0.1, -0.05) is 6.92 Å². The normalized spacial score (nSPS) is 7.50. The molecule has 1 heteroatoms. The molecule has 0 aliphatic rings. The van der Waals surface area contributed by atoms with Crippen LogP contribution in [-0.4, -0.2) is 0 Å². The van der Waals surface area contributed by atoms with Crippen molar-refractivity contribution in [2.75, 3.05) is 0 Å². The van der Waals surface area contributed by atoms with Crippen LogP contribution in [-0.2, 0) is 16.8 Å². The molecule has 0 heterocycles. The van der Waals surface area contributed by atoms with E-state index in [-0.39, 0.29) is 16.8 Å². The summed E-state index contributed by atoms with van der Waals surface area (Å²) in [6, 6.07) is 0. The molecule has 0 unspecified atom stereocenters. The van der Waals surface area contributed by atoms with Gasteiger partial charge in [-0.3, -0.25) is 6.08 Å². The Morgan fingerprint density at radius 2 is 2.17 bits per heavy atom. The molecular weight excluding hydrogens is 119 g/mol. The summed E-state index contributed by atoms with van der Waals surface area (Å²) in [5.74, 6) is 0. The van der Waals surface area contributed by atoms with Gasteiger partial charge in [0.25, 0.3) is 0 Å². The summed E-state index contributed by atoms with van der Waals surface area (Å²) >= 11 is 0. The van der Waals surface area contributed by atoms with Crippen molar-refractivity contribution < 1.29 is 16.8 Å². The molecule has 37 valence electrons. The molecule has 1 radical (unpaired) electrons. The molecular formula is C5H7Co-. The second kappa shape index (κ2) is 8.88. The van der Waals surface area contributed by atoms with Gasteiger partial charge in [-0.2, -0.15) is 6.08 Å². The molecule has 0 aliphatic heterocycles. The minimum Gasteiger partial charge on any atom is -0.256 e. The van der Waals surface area contributed by atoms with Crippen molar-refractivity contribution in [2.45, 2.75) is 6.92 Å². The molecule has 0 amide bonds. The van der Waals surface area contributed by atoms with E-state index in [4.69, 9.17) is 0 Å². The van der Waals surface area contributed by atoms with Crippen LogP contribution in [0.1, 0.15) is 6.92 Å². The van der Waals surface area contributed by atoms with Crippen molar-refractivity contribution in [3.63, 3.8) is 0 Å². The van der Waals surface area contributed by atoms with Crippen LogP contribution >= 0.6 is 0 Å². The molecule has 0 N–H and O–H groups in total. The van der Waals surface area contributed by atoms with Gasteiger partial charge >= 0.3 is 0 Å². The number of hydrogen-bond acceptors (Lipinski definition) is 0. The third-order valence-corrected chi connectivity index (χ3v) is 0.285. The second-order valence-corrected chi connectivity index (χ2v) is 0.659. The van der Waals surface area contributed by atoms with E-state index in [1.54, 1.807) is 6.08 Å². The zero-order chi connectivity index (χ0) is 4.12. The van der Waals surface area contributed by atoms with Gasteiger partial charge in [0.05, 0.1) is 0 Å². The monoisotopic (exact) mass is 126 g/mol. The standard InChI is InChI=1S/C5H7.Co/c1-3-5-4-2;/h3-4H,1H2,2H3;/q-1;. The summed E-state index contributed by atoms with van der Waals surface area (Å²) in [7, 11) is 0. The van der Waals surface area contributed by atoms with E-state index >= 15 is 0 Å². The number of rotatable bonds is 1. The molecule has 0 aromatic rings. The fourth-order valence-electron chi connectivity index (χ4n) is 0.118. The Bertz CT molecular complexity index is 45.9. The number of allylic oxidation sites excluding steroid dienone is 3. The van der Waals surface area contributed by atoms with Crippen molar-refractivity contribution in [1.82, 2.24) is 0 Å². The smallest absolute Gasteiger partial charge is 0 e. The second-order valence-electron chi connectivity index (χ2n) is 0.659. The molecule has 0 atom stereocenters. The maximum Gasteiger partial charge on any atom is 0 e. The largest absolute Gasteiger partial charge is 0.256 e. The van der Waals surface area contributed by atoms with Crippen LogP contribution in [0.25, 0.3) is 0 Å². The molecule has 0 rings (SSSR count). The van der Waals surface area contributed by atoms with Crippen molar-refractivity contribution in [2.24, 2.45) is 0 Å². The maximum absolute atomic E-state index is 3.41. The summed E-state index contributed by atoms with van der Waals surface area (Å²) in [4.78, 5) is 0. The molecule has 0 bridgehead atoms. The van der Waals surface area contributed by atoms with E-state index in [0.29, 0.717) is 0 Å². The van der Waals surface area contributed by atoms with Crippen LogP contribution in [0.3, 0.4) is 0 Å². The first-order valence-electron chi connectivity index (χ1n) is 1.56. The van der Waals surface area contributed by atoms with E-state index in [2.05, 4.69) is 12.7 Å². The Kier molecular flexibility index (Phi) is 13.9. The van der Waals surface area contributed by atoms with E-state index < -0.39 is 0 Å². The van der Waals surface area contributed by atoms with Gasteiger partial charge in [0.15, 0.2) is 0 Å².